The van der Waals surface area contributed by atoms with Crippen molar-refractivity contribution in [2.45, 2.75) is 251 Å². The fourth-order valence-electron chi connectivity index (χ4n) is 7.90. The summed E-state index contributed by atoms with van der Waals surface area (Å²) in [6.07, 6.45) is 70.7. The van der Waals surface area contributed by atoms with Gasteiger partial charge in [0.1, 0.15) is 19.8 Å². The quantitative estimate of drug-likeness (QED) is 0.0211. The summed E-state index contributed by atoms with van der Waals surface area (Å²) in [4.78, 5) is 35.7. The van der Waals surface area contributed by atoms with Crippen LogP contribution in [0.5, 0.6) is 0 Å². The summed E-state index contributed by atoms with van der Waals surface area (Å²) in [6, 6.07) is 0. The number of unbranched alkanes of at least 4 members (excludes halogenated alkanes) is 25. The minimum Gasteiger partial charge on any atom is -0.462 e. The molecule has 2 unspecified atom stereocenters. The van der Waals surface area contributed by atoms with E-state index in [-0.39, 0.29) is 32.0 Å². The van der Waals surface area contributed by atoms with Gasteiger partial charge in [0.25, 0.3) is 0 Å². The minimum absolute atomic E-state index is 0.0266. The molecule has 0 saturated carbocycles. The van der Waals surface area contributed by atoms with Gasteiger partial charge in [-0.1, -0.05) is 227 Å². The van der Waals surface area contributed by atoms with Crippen LogP contribution in [0.3, 0.4) is 0 Å². The zero-order valence-electron chi connectivity index (χ0n) is 47.1. The number of hydrogen-bond donors (Lipinski definition) is 1. The highest BCUT2D eigenvalue weighted by molar-refractivity contribution is 7.47. The van der Waals surface area contributed by atoms with Crippen LogP contribution in [0, 0.1) is 0 Å². The van der Waals surface area contributed by atoms with Crippen LogP contribution >= 0.6 is 7.82 Å². The third-order valence-corrected chi connectivity index (χ3v) is 13.4. The number of likely N-dealkylation sites (N-methyl/N-ethyl adjacent to an activating group) is 1. The number of ether oxygens (including phenoxy) is 2. The van der Waals surface area contributed by atoms with Crippen LogP contribution in [0.1, 0.15) is 245 Å². The summed E-state index contributed by atoms with van der Waals surface area (Å²) in [5.41, 5.74) is 0. The van der Waals surface area contributed by atoms with Gasteiger partial charge in [0, 0.05) is 12.8 Å². The predicted molar refractivity (Wildman–Crippen MR) is 307 cm³/mol. The molecule has 72 heavy (non-hydrogen) atoms. The number of allylic oxidation sites excluding steroid dienone is 14. The van der Waals surface area contributed by atoms with Crippen molar-refractivity contribution in [3.8, 4) is 0 Å². The van der Waals surface area contributed by atoms with E-state index in [1.807, 2.05) is 21.1 Å². The van der Waals surface area contributed by atoms with Gasteiger partial charge in [-0.15, -0.1) is 0 Å². The maximum atomic E-state index is 12.8. The summed E-state index contributed by atoms with van der Waals surface area (Å²) in [6.45, 7) is 4.31. The number of quaternary nitrogens is 1. The van der Waals surface area contributed by atoms with Crippen molar-refractivity contribution < 1.29 is 42.1 Å². The lowest BCUT2D eigenvalue weighted by Crippen LogP contribution is -2.37. The minimum atomic E-state index is -4.39. The molecule has 0 bridgehead atoms. The largest absolute Gasteiger partial charge is 0.472 e. The summed E-state index contributed by atoms with van der Waals surface area (Å²) >= 11 is 0. The van der Waals surface area contributed by atoms with Gasteiger partial charge in [0.05, 0.1) is 27.7 Å². The van der Waals surface area contributed by atoms with Gasteiger partial charge in [0.2, 0.25) is 0 Å². The van der Waals surface area contributed by atoms with Gasteiger partial charge in [-0.05, 0) is 89.9 Å². The van der Waals surface area contributed by atoms with Crippen LogP contribution < -0.4 is 0 Å². The molecule has 2 atom stereocenters. The Morgan fingerprint density at radius 1 is 0.444 bits per heavy atom. The van der Waals surface area contributed by atoms with E-state index >= 15 is 0 Å². The topological polar surface area (TPSA) is 108 Å². The van der Waals surface area contributed by atoms with Crippen molar-refractivity contribution in [1.82, 2.24) is 0 Å². The van der Waals surface area contributed by atoms with Crippen LogP contribution in [0.25, 0.3) is 0 Å². The summed E-state index contributed by atoms with van der Waals surface area (Å²) in [5.74, 6) is -0.806. The first-order chi connectivity index (χ1) is 35.0. The van der Waals surface area contributed by atoms with Crippen molar-refractivity contribution in [3.05, 3.63) is 85.1 Å². The molecule has 0 heterocycles. The molecule has 9 nitrogen and oxygen atoms in total. The molecule has 0 spiro atoms. The summed E-state index contributed by atoms with van der Waals surface area (Å²) in [7, 11) is 1.47. The standard InChI is InChI=1S/C62H110NO8P/c1-6-8-10-12-14-16-18-20-22-24-26-28-30-31-33-34-36-38-40-42-44-46-48-50-52-54-61(64)68-58-60(59-70-72(66,67)69-57-56-63(3,4)5)71-62(65)55-53-51-49-47-45-43-41-39-37-35-32-29-27-25-23-21-19-17-15-13-11-9-7-2/h9,11,15,17-18,20-21,23-24,26-27,29-31,60H,6-8,10,12-14,16,19,22,25,28,32-59H2,1-5H3/p+1/b11-9-,17-15-,20-18-,23-21-,26-24-,29-27-,31-30-. The number of nitrogens with zero attached hydrogens (tertiary/aromatic N) is 1. The lowest BCUT2D eigenvalue weighted by atomic mass is 10.0. The van der Waals surface area contributed by atoms with Gasteiger partial charge >= 0.3 is 19.8 Å². The number of carbonyl (C=O) groups is 2. The molecular formula is C62H111NO8P+. The highest BCUT2D eigenvalue weighted by Gasteiger charge is 2.27. The van der Waals surface area contributed by atoms with Crippen molar-refractivity contribution in [1.29, 1.82) is 0 Å². The Hall–Kier alpha value is -2.81. The molecule has 0 aliphatic heterocycles. The van der Waals surface area contributed by atoms with E-state index in [9.17, 15) is 19.0 Å². The van der Waals surface area contributed by atoms with Crippen LogP contribution in [0.15, 0.2) is 85.1 Å². The highest BCUT2D eigenvalue weighted by Crippen LogP contribution is 2.43. The van der Waals surface area contributed by atoms with Gasteiger partial charge in [0.15, 0.2) is 6.10 Å². The normalized spacial score (nSPS) is 13.9. The number of rotatable bonds is 53. The van der Waals surface area contributed by atoms with E-state index in [0.717, 1.165) is 83.5 Å². The lowest BCUT2D eigenvalue weighted by molar-refractivity contribution is -0.870. The van der Waals surface area contributed by atoms with E-state index in [1.165, 1.54) is 128 Å². The second-order valence-electron chi connectivity index (χ2n) is 20.6. The fraction of sp³-hybridized carbons (Fsp3) is 0.742. The first-order valence-corrected chi connectivity index (χ1v) is 30.8. The molecule has 416 valence electrons. The molecule has 0 aliphatic carbocycles. The van der Waals surface area contributed by atoms with E-state index in [4.69, 9.17) is 18.5 Å². The molecule has 0 aromatic heterocycles. The Morgan fingerprint density at radius 3 is 1.18 bits per heavy atom. The van der Waals surface area contributed by atoms with E-state index < -0.39 is 26.5 Å². The number of hydrogen-bond acceptors (Lipinski definition) is 7. The molecule has 0 aromatic carbocycles. The Morgan fingerprint density at radius 2 is 0.792 bits per heavy atom. The number of phosphoric ester groups is 1. The molecule has 10 heteroatoms. The average molecular weight is 1030 g/mol. The SMILES string of the molecule is CC/C=C\C/C=C\C/C=C\C/C=C\CCCCCCCCCCCCC(=O)OC(COC(=O)CCCCCCCCCCCC/C=C\C/C=C\C/C=C\CCCCCCC)COP(=O)(O)OCC[N+](C)(C)C. The monoisotopic (exact) mass is 1030 g/mol. The van der Waals surface area contributed by atoms with Crippen molar-refractivity contribution in [3.63, 3.8) is 0 Å². The first kappa shape index (κ1) is 69.2. The molecule has 1 N–H and O–H groups in total. The van der Waals surface area contributed by atoms with Crippen LogP contribution in [-0.2, 0) is 32.7 Å². The first-order valence-electron chi connectivity index (χ1n) is 29.3. The van der Waals surface area contributed by atoms with E-state index in [1.54, 1.807) is 0 Å². The van der Waals surface area contributed by atoms with Gasteiger partial charge in [-0.2, -0.15) is 0 Å². The molecule has 0 fully saturated rings. The molecule has 0 saturated heterocycles. The summed E-state index contributed by atoms with van der Waals surface area (Å²) in [5, 5.41) is 0. The molecule has 0 amide bonds. The average Bonchev–Trinajstić information content (AvgIpc) is 3.34. The van der Waals surface area contributed by atoms with E-state index in [2.05, 4.69) is 98.9 Å². The third kappa shape index (κ3) is 56.5. The van der Waals surface area contributed by atoms with Crippen LogP contribution in [0.2, 0.25) is 0 Å². The molecule has 0 radical (unpaired) electrons. The lowest BCUT2D eigenvalue weighted by Gasteiger charge is -2.24. The van der Waals surface area contributed by atoms with E-state index in [0.29, 0.717) is 17.4 Å². The van der Waals surface area contributed by atoms with Crippen molar-refractivity contribution in [2.24, 2.45) is 0 Å². The Balaban J connectivity index is 4.19. The number of carbonyl (C=O) groups excluding carboxylic acids is 2. The maximum absolute atomic E-state index is 12.8. The molecule has 0 aromatic rings. The Bertz CT molecular complexity index is 1490. The Kier molecular flexibility index (Phi) is 51.0. The second kappa shape index (κ2) is 53.0. The van der Waals surface area contributed by atoms with Crippen LogP contribution in [0.4, 0.5) is 0 Å². The zero-order chi connectivity index (χ0) is 52.7. The fourth-order valence-corrected chi connectivity index (χ4v) is 8.64. The Labute approximate surface area is 443 Å². The molecular weight excluding hydrogens is 918 g/mol. The number of esters is 2. The van der Waals surface area contributed by atoms with Gasteiger partial charge in [-0.25, -0.2) is 4.57 Å². The summed E-state index contributed by atoms with van der Waals surface area (Å²) < 4.78 is 34.6. The van der Waals surface area contributed by atoms with Crippen molar-refractivity contribution in [2.75, 3.05) is 47.5 Å². The molecule has 0 rings (SSSR count). The van der Waals surface area contributed by atoms with Gasteiger partial charge in [-0.3, -0.25) is 18.6 Å². The zero-order valence-corrected chi connectivity index (χ0v) is 48.0. The second-order valence-corrected chi connectivity index (χ2v) is 22.1. The molecule has 0 aliphatic rings. The maximum Gasteiger partial charge on any atom is 0.472 e. The smallest absolute Gasteiger partial charge is 0.462 e. The predicted octanol–water partition coefficient (Wildman–Crippen LogP) is 18.3. The van der Waals surface area contributed by atoms with Crippen LogP contribution in [-0.4, -0.2) is 74.9 Å². The highest BCUT2D eigenvalue weighted by atomic mass is 31.2. The number of phosphoric acid groups is 1. The third-order valence-electron chi connectivity index (χ3n) is 12.4. The van der Waals surface area contributed by atoms with Gasteiger partial charge < -0.3 is 18.9 Å². The van der Waals surface area contributed by atoms with Crippen molar-refractivity contribution >= 4 is 19.8 Å².